The minimum Gasteiger partial charge on any atom is -0.383 e. The van der Waals surface area contributed by atoms with Crippen LogP contribution in [-0.2, 0) is 18.4 Å². The molecule has 3 rings (SSSR count). The van der Waals surface area contributed by atoms with Crippen molar-refractivity contribution in [2.75, 3.05) is 5.73 Å². The monoisotopic (exact) mass is 283 g/mol. The molecule has 6 heteroatoms. The average molecular weight is 283 g/mol. The topological polar surface area (TPSA) is 78.9 Å². The average Bonchev–Trinajstić information content (AvgIpc) is 2.88. The largest absolute Gasteiger partial charge is 0.383 e. The Kier molecular flexibility index (Phi) is 3.53. The summed E-state index contributed by atoms with van der Waals surface area (Å²) in [5, 5.41) is 4.90. The van der Waals surface area contributed by atoms with Crippen molar-refractivity contribution in [3.8, 4) is 0 Å². The number of aromatic nitrogens is 4. The summed E-state index contributed by atoms with van der Waals surface area (Å²) < 4.78 is 7.50. The van der Waals surface area contributed by atoms with Crippen molar-refractivity contribution in [2.24, 2.45) is 7.05 Å². The first-order valence-corrected chi connectivity index (χ1v) is 6.76. The summed E-state index contributed by atoms with van der Waals surface area (Å²) in [5.74, 6) is 0.991. The van der Waals surface area contributed by atoms with Gasteiger partial charge in [-0.15, -0.1) is 0 Å². The predicted molar refractivity (Wildman–Crippen MR) is 80.4 cm³/mol. The summed E-state index contributed by atoms with van der Waals surface area (Å²) in [6.07, 6.45) is 1.64. The summed E-state index contributed by atoms with van der Waals surface area (Å²) >= 11 is 0. The predicted octanol–water partition coefficient (Wildman–Crippen LogP) is 2.22. The van der Waals surface area contributed by atoms with E-state index in [0.29, 0.717) is 23.9 Å². The zero-order chi connectivity index (χ0) is 14.8. The summed E-state index contributed by atoms with van der Waals surface area (Å²) in [5.41, 5.74) is 7.76. The number of hydrogen-bond donors (Lipinski definition) is 1. The molecule has 0 saturated carbocycles. The van der Waals surface area contributed by atoms with E-state index in [0.717, 1.165) is 10.9 Å². The van der Waals surface area contributed by atoms with Crippen LogP contribution in [0.25, 0.3) is 11.0 Å². The number of rotatable bonds is 4. The molecule has 1 unspecified atom stereocenters. The summed E-state index contributed by atoms with van der Waals surface area (Å²) in [6.45, 7) is 2.31. The van der Waals surface area contributed by atoms with Crippen LogP contribution in [0.2, 0.25) is 0 Å². The standard InChI is InChI=1S/C15H17N5O/c1-10(11-6-4-3-5-7-11)21-9-13-18-14(16)12-8-17-20(2)15(12)19-13/h3-8,10H,9H2,1-2H3,(H2,16,18,19). The van der Waals surface area contributed by atoms with Gasteiger partial charge in [-0.2, -0.15) is 5.10 Å². The molecule has 2 heterocycles. The molecule has 0 aliphatic rings. The first-order valence-electron chi connectivity index (χ1n) is 6.76. The van der Waals surface area contributed by atoms with Crippen LogP contribution in [0.4, 0.5) is 5.82 Å². The molecular formula is C15H17N5O. The van der Waals surface area contributed by atoms with Crippen molar-refractivity contribution >= 4 is 16.9 Å². The molecule has 1 atom stereocenters. The minimum absolute atomic E-state index is 0.0294. The van der Waals surface area contributed by atoms with Gasteiger partial charge in [-0.1, -0.05) is 30.3 Å². The Morgan fingerprint density at radius 3 is 2.76 bits per heavy atom. The fourth-order valence-corrected chi connectivity index (χ4v) is 2.18. The third kappa shape index (κ3) is 2.71. The number of nitrogens with zero attached hydrogens (tertiary/aromatic N) is 4. The highest BCUT2D eigenvalue weighted by molar-refractivity contribution is 5.84. The SMILES string of the molecule is CC(OCc1nc(N)c2cnn(C)c2n1)c1ccccc1. The third-order valence-electron chi connectivity index (χ3n) is 3.40. The highest BCUT2D eigenvalue weighted by atomic mass is 16.5. The molecule has 2 N–H and O–H groups in total. The molecule has 3 aromatic rings. The van der Waals surface area contributed by atoms with Gasteiger partial charge in [-0.05, 0) is 12.5 Å². The molecule has 21 heavy (non-hydrogen) atoms. The fourth-order valence-electron chi connectivity index (χ4n) is 2.18. The van der Waals surface area contributed by atoms with Crippen LogP contribution in [0.5, 0.6) is 0 Å². The van der Waals surface area contributed by atoms with Crippen LogP contribution in [0.1, 0.15) is 24.4 Å². The first kappa shape index (κ1) is 13.5. The smallest absolute Gasteiger partial charge is 0.163 e. The van der Waals surface area contributed by atoms with Crippen molar-refractivity contribution in [1.82, 2.24) is 19.7 Å². The van der Waals surface area contributed by atoms with Gasteiger partial charge >= 0.3 is 0 Å². The Hall–Kier alpha value is -2.47. The number of nitrogen functional groups attached to an aromatic ring is 1. The second-order valence-electron chi connectivity index (χ2n) is 4.89. The van der Waals surface area contributed by atoms with Gasteiger partial charge in [-0.25, -0.2) is 9.97 Å². The Labute approximate surface area is 122 Å². The van der Waals surface area contributed by atoms with E-state index in [1.54, 1.807) is 10.9 Å². The molecule has 0 saturated heterocycles. The van der Waals surface area contributed by atoms with Crippen molar-refractivity contribution in [3.05, 3.63) is 47.9 Å². The Bertz CT molecular complexity index is 753. The number of anilines is 1. The number of aryl methyl sites for hydroxylation is 1. The third-order valence-corrected chi connectivity index (χ3v) is 3.40. The van der Waals surface area contributed by atoms with Crippen LogP contribution in [0, 0.1) is 0 Å². The first-order chi connectivity index (χ1) is 10.1. The lowest BCUT2D eigenvalue weighted by Crippen LogP contribution is -2.06. The van der Waals surface area contributed by atoms with Gasteiger partial charge < -0.3 is 10.5 Å². The van der Waals surface area contributed by atoms with Crippen molar-refractivity contribution in [1.29, 1.82) is 0 Å². The van der Waals surface area contributed by atoms with E-state index in [-0.39, 0.29) is 6.10 Å². The molecule has 0 aliphatic carbocycles. The Morgan fingerprint density at radius 2 is 2.00 bits per heavy atom. The molecule has 108 valence electrons. The molecule has 0 bridgehead atoms. The van der Waals surface area contributed by atoms with Crippen molar-refractivity contribution in [2.45, 2.75) is 19.6 Å². The van der Waals surface area contributed by atoms with E-state index < -0.39 is 0 Å². The van der Waals surface area contributed by atoms with E-state index >= 15 is 0 Å². The zero-order valence-corrected chi connectivity index (χ0v) is 12.0. The summed E-state index contributed by atoms with van der Waals surface area (Å²) in [4.78, 5) is 8.71. The number of nitrogens with two attached hydrogens (primary N) is 1. The normalized spacial score (nSPS) is 12.7. The van der Waals surface area contributed by atoms with Crippen molar-refractivity contribution in [3.63, 3.8) is 0 Å². The molecule has 1 aromatic carbocycles. The highest BCUT2D eigenvalue weighted by Crippen LogP contribution is 2.20. The maximum Gasteiger partial charge on any atom is 0.163 e. The Balaban J connectivity index is 1.78. The van der Waals surface area contributed by atoms with Crippen LogP contribution in [-0.4, -0.2) is 19.7 Å². The maximum absolute atomic E-state index is 5.93. The maximum atomic E-state index is 5.93. The Morgan fingerprint density at radius 1 is 1.24 bits per heavy atom. The molecule has 0 amide bonds. The van der Waals surface area contributed by atoms with Gasteiger partial charge in [0.2, 0.25) is 0 Å². The van der Waals surface area contributed by atoms with Gasteiger partial charge in [0, 0.05) is 7.05 Å². The molecule has 0 fully saturated rings. The molecule has 6 nitrogen and oxygen atoms in total. The molecular weight excluding hydrogens is 266 g/mol. The van der Waals surface area contributed by atoms with E-state index in [4.69, 9.17) is 10.5 Å². The number of ether oxygens (including phenoxy) is 1. The fraction of sp³-hybridized carbons (Fsp3) is 0.267. The molecule has 0 aliphatic heterocycles. The summed E-state index contributed by atoms with van der Waals surface area (Å²) in [7, 11) is 1.83. The van der Waals surface area contributed by atoms with Crippen LogP contribution in [0.15, 0.2) is 36.5 Å². The molecule has 0 spiro atoms. The van der Waals surface area contributed by atoms with Gasteiger partial charge in [0.25, 0.3) is 0 Å². The highest BCUT2D eigenvalue weighted by Gasteiger charge is 2.11. The van der Waals surface area contributed by atoms with Crippen LogP contribution >= 0.6 is 0 Å². The van der Waals surface area contributed by atoms with Crippen molar-refractivity contribution < 1.29 is 4.74 Å². The number of hydrogen-bond acceptors (Lipinski definition) is 5. The quantitative estimate of drug-likeness (QED) is 0.794. The molecule has 0 radical (unpaired) electrons. The molecule has 2 aromatic heterocycles. The lowest BCUT2D eigenvalue weighted by molar-refractivity contribution is 0.0485. The second-order valence-corrected chi connectivity index (χ2v) is 4.89. The van der Waals surface area contributed by atoms with Crippen LogP contribution < -0.4 is 5.73 Å². The van der Waals surface area contributed by atoms with E-state index in [1.165, 1.54) is 0 Å². The lowest BCUT2D eigenvalue weighted by Gasteiger charge is -2.13. The number of fused-ring (bicyclic) bond motifs is 1. The van der Waals surface area contributed by atoms with Crippen LogP contribution in [0.3, 0.4) is 0 Å². The van der Waals surface area contributed by atoms with E-state index in [1.807, 2.05) is 44.3 Å². The van der Waals surface area contributed by atoms with E-state index in [9.17, 15) is 0 Å². The van der Waals surface area contributed by atoms with Gasteiger partial charge in [0.05, 0.1) is 17.7 Å². The van der Waals surface area contributed by atoms with Gasteiger partial charge in [0.15, 0.2) is 11.5 Å². The minimum atomic E-state index is -0.0294. The van der Waals surface area contributed by atoms with Gasteiger partial charge in [0.1, 0.15) is 12.4 Å². The van der Waals surface area contributed by atoms with E-state index in [2.05, 4.69) is 15.1 Å². The van der Waals surface area contributed by atoms with Gasteiger partial charge in [-0.3, -0.25) is 4.68 Å². The summed E-state index contributed by atoms with van der Waals surface area (Å²) in [6, 6.07) is 10.0. The zero-order valence-electron chi connectivity index (χ0n) is 12.0. The second kappa shape index (κ2) is 5.49. The lowest BCUT2D eigenvalue weighted by atomic mass is 10.1. The number of benzene rings is 1.